The van der Waals surface area contributed by atoms with Crippen LogP contribution >= 0.6 is 15.9 Å². The highest BCUT2D eigenvalue weighted by Gasteiger charge is 2.30. The molecule has 0 aliphatic heterocycles. The average molecular weight is 298 g/mol. The molecule has 0 amide bonds. The summed E-state index contributed by atoms with van der Waals surface area (Å²) in [6.45, 7) is 7.59. The molecule has 0 N–H and O–H groups in total. The highest BCUT2D eigenvalue weighted by molar-refractivity contribution is 9.10. The van der Waals surface area contributed by atoms with Gasteiger partial charge in [0.2, 0.25) is 0 Å². The first kappa shape index (κ1) is 12.8. The van der Waals surface area contributed by atoms with Crippen LogP contribution in [0, 0.1) is 12.8 Å². The van der Waals surface area contributed by atoms with E-state index in [0.29, 0.717) is 6.04 Å². The standard InChI is InChI=1S/C13H20BrN3/c1-9(2)6-7-17(11-4-5-11)13-8-12(14)15-10(3)16-13/h8-9,11H,4-7H2,1-3H3. The highest BCUT2D eigenvalue weighted by atomic mass is 79.9. The lowest BCUT2D eigenvalue weighted by molar-refractivity contribution is 0.568. The van der Waals surface area contributed by atoms with E-state index in [-0.39, 0.29) is 0 Å². The maximum absolute atomic E-state index is 4.56. The quantitative estimate of drug-likeness (QED) is 0.778. The molecular weight excluding hydrogens is 278 g/mol. The van der Waals surface area contributed by atoms with E-state index >= 15 is 0 Å². The molecule has 17 heavy (non-hydrogen) atoms. The van der Waals surface area contributed by atoms with Gasteiger partial charge in [-0.3, -0.25) is 0 Å². The number of hydrogen-bond acceptors (Lipinski definition) is 3. The Morgan fingerprint density at radius 3 is 2.65 bits per heavy atom. The molecule has 0 radical (unpaired) electrons. The Balaban J connectivity index is 2.14. The van der Waals surface area contributed by atoms with Crippen LogP contribution in [-0.2, 0) is 0 Å². The largest absolute Gasteiger partial charge is 0.353 e. The summed E-state index contributed by atoms with van der Waals surface area (Å²) in [5.41, 5.74) is 0. The number of aromatic nitrogens is 2. The molecule has 0 atom stereocenters. The summed E-state index contributed by atoms with van der Waals surface area (Å²) < 4.78 is 0.884. The van der Waals surface area contributed by atoms with Gasteiger partial charge in [-0.2, -0.15) is 0 Å². The lowest BCUT2D eigenvalue weighted by atomic mass is 10.1. The number of aryl methyl sites for hydroxylation is 1. The van der Waals surface area contributed by atoms with Gasteiger partial charge in [0.05, 0.1) is 0 Å². The molecule has 94 valence electrons. The van der Waals surface area contributed by atoms with E-state index in [2.05, 4.69) is 44.6 Å². The second-order valence-corrected chi connectivity index (χ2v) is 6.02. The summed E-state index contributed by atoms with van der Waals surface area (Å²) in [6, 6.07) is 2.74. The van der Waals surface area contributed by atoms with Gasteiger partial charge in [-0.05, 0) is 48.0 Å². The zero-order valence-corrected chi connectivity index (χ0v) is 12.4. The summed E-state index contributed by atoms with van der Waals surface area (Å²) in [7, 11) is 0. The van der Waals surface area contributed by atoms with Crippen LogP contribution < -0.4 is 4.90 Å². The zero-order valence-electron chi connectivity index (χ0n) is 10.8. The van der Waals surface area contributed by atoms with Gasteiger partial charge < -0.3 is 4.90 Å². The topological polar surface area (TPSA) is 29.0 Å². The number of anilines is 1. The molecule has 0 bridgehead atoms. The van der Waals surface area contributed by atoms with Crippen LogP contribution in [0.3, 0.4) is 0 Å². The molecular formula is C13H20BrN3. The Bertz CT molecular complexity index is 368. The molecule has 1 heterocycles. The molecule has 0 saturated heterocycles. The lowest BCUT2D eigenvalue weighted by Crippen LogP contribution is -2.28. The Kier molecular flexibility index (Phi) is 4.02. The van der Waals surface area contributed by atoms with Crippen LogP contribution in [0.15, 0.2) is 10.7 Å². The first-order chi connectivity index (χ1) is 8.06. The first-order valence-corrected chi connectivity index (χ1v) is 7.13. The molecule has 1 aliphatic rings. The molecule has 1 fully saturated rings. The maximum atomic E-state index is 4.56. The second-order valence-electron chi connectivity index (χ2n) is 5.20. The van der Waals surface area contributed by atoms with Crippen molar-refractivity contribution in [2.45, 2.75) is 46.1 Å². The van der Waals surface area contributed by atoms with E-state index in [9.17, 15) is 0 Å². The predicted molar refractivity (Wildman–Crippen MR) is 74.3 cm³/mol. The van der Waals surface area contributed by atoms with Crippen molar-refractivity contribution in [1.82, 2.24) is 9.97 Å². The summed E-state index contributed by atoms with van der Waals surface area (Å²) >= 11 is 3.45. The van der Waals surface area contributed by atoms with Crippen molar-refractivity contribution in [3.05, 3.63) is 16.5 Å². The van der Waals surface area contributed by atoms with Crippen LogP contribution in [0.2, 0.25) is 0 Å². The van der Waals surface area contributed by atoms with E-state index in [1.54, 1.807) is 0 Å². The van der Waals surface area contributed by atoms with E-state index in [1.165, 1.54) is 19.3 Å². The predicted octanol–water partition coefficient (Wildman–Crippen LogP) is 3.56. The highest BCUT2D eigenvalue weighted by Crippen LogP contribution is 2.32. The Labute approximate surface area is 112 Å². The van der Waals surface area contributed by atoms with E-state index in [4.69, 9.17) is 0 Å². The van der Waals surface area contributed by atoms with Crippen molar-refractivity contribution in [3.8, 4) is 0 Å². The SMILES string of the molecule is Cc1nc(Br)cc(N(CCC(C)C)C2CC2)n1. The molecule has 1 aromatic rings. The molecule has 1 saturated carbocycles. The smallest absolute Gasteiger partial charge is 0.133 e. The second kappa shape index (κ2) is 5.34. The van der Waals surface area contributed by atoms with Gasteiger partial charge in [0.1, 0.15) is 16.2 Å². The molecule has 3 nitrogen and oxygen atoms in total. The van der Waals surface area contributed by atoms with Crippen LogP contribution in [-0.4, -0.2) is 22.6 Å². The fourth-order valence-electron chi connectivity index (χ4n) is 1.93. The van der Waals surface area contributed by atoms with E-state index in [0.717, 1.165) is 28.7 Å². The summed E-state index contributed by atoms with van der Waals surface area (Å²) in [5.74, 6) is 2.65. The van der Waals surface area contributed by atoms with E-state index in [1.807, 2.05) is 13.0 Å². The van der Waals surface area contributed by atoms with Gasteiger partial charge in [0.25, 0.3) is 0 Å². The zero-order chi connectivity index (χ0) is 12.4. The van der Waals surface area contributed by atoms with Crippen LogP contribution in [0.4, 0.5) is 5.82 Å². The minimum absolute atomic E-state index is 0.704. The van der Waals surface area contributed by atoms with E-state index < -0.39 is 0 Å². The molecule has 0 aromatic carbocycles. The van der Waals surface area contributed by atoms with Gasteiger partial charge in [-0.15, -0.1) is 0 Å². The van der Waals surface area contributed by atoms with Gasteiger partial charge >= 0.3 is 0 Å². The number of nitrogens with zero attached hydrogens (tertiary/aromatic N) is 3. The molecule has 4 heteroatoms. The monoisotopic (exact) mass is 297 g/mol. The fourth-order valence-corrected chi connectivity index (χ4v) is 2.39. The number of halogens is 1. The number of hydrogen-bond donors (Lipinski definition) is 0. The third-order valence-corrected chi connectivity index (χ3v) is 3.43. The molecule has 1 aromatic heterocycles. The molecule has 0 unspecified atom stereocenters. The van der Waals surface area contributed by atoms with Gasteiger partial charge in [0, 0.05) is 18.7 Å². The van der Waals surface area contributed by atoms with Gasteiger partial charge in [0.15, 0.2) is 0 Å². The Morgan fingerprint density at radius 1 is 1.41 bits per heavy atom. The molecule has 2 rings (SSSR count). The first-order valence-electron chi connectivity index (χ1n) is 6.34. The maximum Gasteiger partial charge on any atom is 0.133 e. The van der Waals surface area contributed by atoms with Crippen molar-refractivity contribution in [1.29, 1.82) is 0 Å². The fraction of sp³-hybridized carbons (Fsp3) is 0.692. The summed E-state index contributed by atoms with van der Waals surface area (Å²) in [5, 5.41) is 0. The number of rotatable bonds is 5. The summed E-state index contributed by atoms with van der Waals surface area (Å²) in [4.78, 5) is 11.3. The third-order valence-electron chi connectivity index (χ3n) is 3.02. The van der Waals surface area contributed by atoms with Crippen molar-refractivity contribution in [2.75, 3.05) is 11.4 Å². The van der Waals surface area contributed by atoms with Crippen LogP contribution in [0.25, 0.3) is 0 Å². The Hall–Kier alpha value is -0.640. The van der Waals surface area contributed by atoms with Crippen LogP contribution in [0.1, 0.15) is 38.9 Å². The molecule has 0 spiro atoms. The van der Waals surface area contributed by atoms with Gasteiger partial charge in [-0.25, -0.2) is 9.97 Å². The van der Waals surface area contributed by atoms with Crippen molar-refractivity contribution >= 4 is 21.7 Å². The Morgan fingerprint density at radius 2 is 2.12 bits per heavy atom. The average Bonchev–Trinajstić information content (AvgIpc) is 3.00. The minimum atomic E-state index is 0.704. The van der Waals surface area contributed by atoms with Crippen molar-refractivity contribution in [2.24, 2.45) is 5.92 Å². The van der Waals surface area contributed by atoms with Crippen molar-refractivity contribution in [3.63, 3.8) is 0 Å². The lowest BCUT2D eigenvalue weighted by Gasteiger charge is -2.24. The summed E-state index contributed by atoms with van der Waals surface area (Å²) in [6.07, 6.45) is 3.83. The molecule has 1 aliphatic carbocycles. The minimum Gasteiger partial charge on any atom is -0.353 e. The van der Waals surface area contributed by atoms with Crippen molar-refractivity contribution < 1.29 is 0 Å². The normalized spacial score (nSPS) is 15.4. The third kappa shape index (κ3) is 3.66. The van der Waals surface area contributed by atoms with Gasteiger partial charge in [-0.1, -0.05) is 13.8 Å². The van der Waals surface area contributed by atoms with Crippen LogP contribution in [0.5, 0.6) is 0 Å².